The predicted octanol–water partition coefficient (Wildman–Crippen LogP) is 4.84. The minimum Gasteiger partial charge on any atom is -0.493 e. The number of nitrogens with zero attached hydrogens (tertiary/aromatic N) is 1. The van der Waals surface area contributed by atoms with Crippen LogP contribution in [0.4, 0.5) is 10.5 Å². The smallest absolute Gasteiger partial charge is 0.322 e. The van der Waals surface area contributed by atoms with E-state index in [1.165, 1.54) is 7.11 Å². The summed E-state index contributed by atoms with van der Waals surface area (Å²) in [6.07, 6.45) is 0.541. The number of anilines is 1. The van der Waals surface area contributed by atoms with Crippen LogP contribution < -0.4 is 29.8 Å². The average molecular weight is 518 g/mol. The molecular weight excluding hydrogens is 486 g/mol. The number of H-pyrrole nitrogens is 1. The summed E-state index contributed by atoms with van der Waals surface area (Å²) >= 11 is 0. The molecule has 38 heavy (non-hydrogen) atoms. The van der Waals surface area contributed by atoms with Gasteiger partial charge in [-0.25, -0.2) is 4.79 Å². The van der Waals surface area contributed by atoms with E-state index in [0.717, 1.165) is 10.9 Å². The highest BCUT2D eigenvalue weighted by Crippen LogP contribution is 2.31. The number of rotatable bonds is 10. The number of urea groups is 1. The van der Waals surface area contributed by atoms with Crippen LogP contribution in [-0.4, -0.2) is 50.9 Å². The molecule has 4 aromatic rings. The van der Waals surface area contributed by atoms with Gasteiger partial charge >= 0.3 is 6.03 Å². The van der Waals surface area contributed by atoms with Crippen LogP contribution >= 0.6 is 0 Å². The van der Waals surface area contributed by atoms with Crippen LogP contribution in [0.15, 0.2) is 71.5 Å². The third-order valence-corrected chi connectivity index (χ3v) is 6.22. The Labute approximate surface area is 220 Å². The molecule has 0 fully saturated rings. The molecule has 4 rings (SSSR count). The molecule has 0 bridgehead atoms. The molecular formula is C29H31N3O6. The van der Waals surface area contributed by atoms with Crippen LogP contribution in [0, 0.1) is 0 Å². The molecule has 0 atom stereocenters. The minimum absolute atomic E-state index is 0.103. The third kappa shape index (κ3) is 6.00. The fourth-order valence-electron chi connectivity index (χ4n) is 4.18. The highest BCUT2D eigenvalue weighted by molar-refractivity contribution is 5.89. The summed E-state index contributed by atoms with van der Waals surface area (Å²) in [6, 6.07) is 19.8. The van der Waals surface area contributed by atoms with E-state index < -0.39 is 0 Å². The van der Waals surface area contributed by atoms with Crippen molar-refractivity contribution in [3.8, 4) is 23.0 Å². The first-order valence-electron chi connectivity index (χ1n) is 12.1. The predicted molar refractivity (Wildman–Crippen MR) is 147 cm³/mol. The zero-order valence-corrected chi connectivity index (χ0v) is 21.9. The maximum atomic E-state index is 13.3. The van der Waals surface area contributed by atoms with Crippen molar-refractivity contribution >= 4 is 22.6 Å². The molecule has 2 N–H and O–H groups in total. The topological polar surface area (TPSA) is 102 Å². The zero-order valence-electron chi connectivity index (χ0n) is 21.9. The number of aromatic nitrogens is 1. The van der Waals surface area contributed by atoms with Crippen molar-refractivity contribution < 1.29 is 23.7 Å². The Morgan fingerprint density at radius 1 is 0.816 bits per heavy atom. The van der Waals surface area contributed by atoms with Crippen molar-refractivity contribution in [3.05, 3.63) is 88.2 Å². The van der Waals surface area contributed by atoms with Gasteiger partial charge < -0.3 is 34.1 Å². The lowest BCUT2D eigenvalue weighted by Crippen LogP contribution is -2.37. The van der Waals surface area contributed by atoms with E-state index in [-0.39, 0.29) is 18.1 Å². The van der Waals surface area contributed by atoms with E-state index in [9.17, 15) is 9.59 Å². The fourth-order valence-corrected chi connectivity index (χ4v) is 4.18. The fraction of sp³-hybridized carbons (Fsp3) is 0.241. The van der Waals surface area contributed by atoms with Gasteiger partial charge in [0.05, 0.1) is 40.5 Å². The van der Waals surface area contributed by atoms with Gasteiger partial charge in [0.25, 0.3) is 5.56 Å². The SMILES string of the molecule is COc1ccc(CCN(Cc2cc3cc(OC)c(OC)cc3[nH]c2=O)C(=O)Nc2ccccc2)cc1OC. The number of hydrogen-bond acceptors (Lipinski definition) is 6. The summed E-state index contributed by atoms with van der Waals surface area (Å²) in [5.41, 5.74) is 2.40. The number of fused-ring (bicyclic) bond motifs is 1. The molecule has 0 radical (unpaired) electrons. The maximum Gasteiger partial charge on any atom is 0.322 e. The number of pyridine rings is 1. The largest absolute Gasteiger partial charge is 0.493 e. The van der Waals surface area contributed by atoms with Gasteiger partial charge in [0.1, 0.15) is 0 Å². The highest BCUT2D eigenvalue weighted by Gasteiger charge is 2.18. The second-order valence-corrected chi connectivity index (χ2v) is 8.58. The minimum atomic E-state index is -0.316. The Bertz CT molecular complexity index is 1470. The Hall–Kier alpha value is -4.66. The van der Waals surface area contributed by atoms with Crippen molar-refractivity contribution in [2.75, 3.05) is 40.3 Å². The molecule has 198 valence electrons. The normalized spacial score (nSPS) is 10.6. The van der Waals surface area contributed by atoms with Crippen molar-refractivity contribution in [3.63, 3.8) is 0 Å². The standard InChI is InChI=1S/C29H31N3O6/c1-35-24-11-10-19(14-25(24)36-2)12-13-32(29(34)30-22-8-6-5-7-9-22)18-21-15-20-16-26(37-3)27(38-4)17-23(20)31-28(21)33/h5-11,14-17H,12-13,18H2,1-4H3,(H,30,34)(H,31,33). The zero-order chi connectivity index (χ0) is 27.1. The molecule has 2 amide bonds. The number of carbonyl (C=O) groups excluding carboxylic acids is 1. The number of nitrogens with one attached hydrogen (secondary N) is 2. The summed E-state index contributed by atoms with van der Waals surface area (Å²) in [5.74, 6) is 2.30. The van der Waals surface area contributed by atoms with Crippen LogP contribution in [0.3, 0.4) is 0 Å². The molecule has 3 aromatic carbocycles. The summed E-state index contributed by atoms with van der Waals surface area (Å²) in [5, 5.41) is 3.69. The quantitative estimate of drug-likeness (QED) is 0.312. The summed E-state index contributed by atoms with van der Waals surface area (Å²) in [7, 11) is 6.26. The van der Waals surface area contributed by atoms with E-state index in [1.807, 2.05) is 48.5 Å². The second kappa shape index (κ2) is 12.1. The van der Waals surface area contributed by atoms with Crippen molar-refractivity contribution in [2.24, 2.45) is 0 Å². The summed E-state index contributed by atoms with van der Waals surface area (Å²) < 4.78 is 21.5. The molecule has 0 unspecified atom stereocenters. The Morgan fingerprint density at radius 3 is 2.16 bits per heavy atom. The van der Waals surface area contributed by atoms with Crippen molar-refractivity contribution in [1.29, 1.82) is 0 Å². The van der Waals surface area contributed by atoms with Crippen LogP contribution in [-0.2, 0) is 13.0 Å². The third-order valence-electron chi connectivity index (χ3n) is 6.22. The Kier molecular flexibility index (Phi) is 8.37. The van der Waals surface area contributed by atoms with E-state index in [2.05, 4.69) is 10.3 Å². The number of aromatic amines is 1. The van der Waals surface area contributed by atoms with Crippen LogP contribution in [0.5, 0.6) is 23.0 Å². The maximum absolute atomic E-state index is 13.3. The average Bonchev–Trinajstić information content (AvgIpc) is 2.94. The molecule has 1 aromatic heterocycles. The van der Waals surface area contributed by atoms with E-state index in [4.69, 9.17) is 18.9 Å². The lowest BCUT2D eigenvalue weighted by molar-refractivity contribution is 0.209. The second-order valence-electron chi connectivity index (χ2n) is 8.58. The lowest BCUT2D eigenvalue weighted by Gasteiger charge is -2.23. The van der Waals surface area contributed by atoms with Gasteiger partial charge in [-0.15, -0.1) is 0 Å². The molecule has 0 saturated heterocycles. The highest BCUT2D eigenvalue weighted by atomic mass is 16.5. The monoisotopic (exact) mass is 517 g/mol. The van der Waals surface area contributed by atoms with Crippen LogP contribution in [0.1, 0.15) is 11.1 Å². The molecule has 0 aliphatic heterocycles. The molecule has 0 aliphatic rings. The van der Waals surface area contributed by atoms with E-state index >= 15 is 0 Å². The van der Waals surface area contributed by atoms with Crippen molar-refractivity contribution in [1.82, 2.24) is 9.88 Å². The Morgan fingerprint density at radius 2 is 1.47 bits per heavy atom. The van der Waals surface area contributed by atoms with Crippen LogP contribution in [0.2, 0.25) is 0 Å². The molecule has 9 heteroatoms. The number of benzene rings is 3. The molecule has 9 nitrogen and oxygen atoms in total. The number of ether oxygens (including phenoxy) is 4. The van der Waals surface area contributed by atoms with Gasteiger partial charge in [0.15, 0.2) is 23.0 Å². The first-order chi connectivity index (χ1) is 18.4. The van der Waals surface area contributed by atoms with Crippen molar-refractivity contribution in [2.45, 2.75) is 13.0 Å². The number of hydrogen-bond donors (Lipinski definition) is 2. The Balaban J connectivity index is 1.63. The number of methoxy groups -OCH3 is 4. The van der Waals surface area contributed by atoms with E-state index in [1.54, 1.807) is 44.4 Å². The molecule has 0 saturated carbocycles. The lowest BCUT2D eigenvalue weighted by atomic mass is 10.1. The first-order valence-corrected chi connectivity index (χ1v) is 12.1. The molecule has 0 spiro atoms. The number of para-hydroxylation sites is 1. The van der Waals surface area contributed by atoms with Crippen LogP contribution in [0.25, 0.3) is 10.9 Å². The van der Waals surface area contributed by atoms with Gasteiger partial charge in [-0.05, 0) is 48.4 Å². The molecule has 1 heterocycles. The van der Waals surface area contributed by atoms with Gasteiger partial charge in [0.2, 0.25) is 0 Å². The number of amides is 2. The van der Waals surface area contributed by atoms with E-state index in [0.29, 0.717) is 52.7 Å². The summed E-state index contributed by atoms with van der Waals surface area (Å²) in [6.45, 7) is 0.461. The summed E-state index contributed by atoms with van der Waals surface area (Å²) in [4.78, 5) is 30.9. The van der Waals surface area contributed by atoms with Gasteiger partial charge in [0, 0.05) is 29.2 Å². The van der Waals surface area contributed by atoms with Gasteiger partial charge in [-0.1, -0.05) is 24.3 Å². The van der Waals surface area contributed by atoms with Gasteiger partial charge in [-0.2, -0.15) is 0 Å². The van der Waals surface area contributed by atoms with Gasteiger partial charge in [-0.3, -0.25) is 4.79 Å². The molecule has 0 aliphatic carbocycles. The number of carbonyl (C=O) groups is 1. The first kappa shape index (κ1) is 26.4.